The largest absolute Gasteiger partial charge is 0.469 e. The molecule has 86 valence electrons. The molecular formula is C12H14O4. The molecule has 0 N–H and O–H groups in total. The van der Waals surface area contributed by atoms with Gasteiger partial charge in [-0.2, -0.15) is 0 Å². The SMILES string of the molecule is C=C1[C@H]2C=C[C@@H]1[C@H](C(=O)OC)[C@@H]2C(=O)OC. The first-order valence-corrected chi connectivity index (χ1v) is 5.14. The third-order valence-electron chi connectivity index (χ3n) is 3.49. The van der Waals surface area contributed by atoms with Crippen molar-refractivity contribution in [3.63, 3.8) is 0 Å². The second-order valence-electron chi connectivity index (χ2n) is 4.11. The van der Waals surface area contributed by atoms with Crippen molar-refractivity contribution in [3.8, 4) is 0 Å². The van der Waals surface area contributed by atoms with Gasteiger partial charge in [0.15, 0.2) is 0 Å². The fourth-order valence-corrected chi connectivity index (χ4v) is 2.71. The van der Waals surface area contributed by atoms with Gasteiger partial charge in [0.1, 0.15) is 0 Å². The number of carbonyl (C=O) groups excluding carboxylic acids is 2. The quantitative estimate of drug-likeness (QED) is 0.515. The van der Waals surface area contributed by atoms with Gasteiger partial charge in [0, 0.05) is 11.8 Å². The van der Waals surface area contributed by atoms with Crippen molar-refractivity contribution in [2.24, 2.45) is 23.7 Å². The smallest absolute Gasteiger partial charge is 0.310 e. The molecule has 0 aromatic heterocycles. The third-order valence-corrected chi connectivity index (χ3v) is 3.49. The van der Waals surface area contributed by atoms with E-state index in [2.05, 4.69) is 6.58 Å². The van der Waals surface area contributed by atoms with E-state index >= 15 is 0 Å². The Morgan fingerprint density at radius 3 is 1.75 bits per heavy atom. The molecule has 0 heterocycles. The molecule has 0 saturated heterocycles. The first-order chi connectivity index (χ1) is 7.61. The number of fused-ring (bicyclic) bond motifs is 2. The summed E-state index contributed by atoms with van der Waals surface area (Å²) in [4.78, 5) is 23.4. The molecule has 4 heteroatoms. The highest BCUT2D eigenvalue weighted by molar-refractivity contribution is 5.86. The average molecular weight is 222 g/mol. The normalized spacial score (nSPS) is 35.2. The van der Waals surface area contributed by atoms with Crippen LogP contribution in [0, 0.1) is 23.7 Å². The number of rotatable bonds is 2. The zero-order chi connectivity index (χ0) is 11.9. The van der Waals surface area contributed by atoms with Crippen LogP contribution in [-0.2, 0) is 19.1 Å². The van der Waals surface area contributed by atoms with Crippen molar-refractivity contribution in [1.29, 1.82) is 0 Å². The summed E-state index contributed by atoms with van der Waals surface area (Å²) in [6.07, 6.45) is 3.85. The Labute approximate surface area is 93.9 Å². The number of ether oxygens (including phenoxy) is 2. The Morgan fingerprint density at radius 1 is 1.06 bits per heavy atom. The standard InChI is InChI=1S/C12H14O4/c1-6-7-4-5-8(6)10(12(14)16-3)9(7)11(13)15-2/h4-5,7-10H,1H2,2-3H3/t7-,8+,9-,10+. The number of carbonyl (C=O) groups is 2. The van der Waals surface area contributed by atoms with Crippen LogP contribution in [0.15, 0.2) is 24.3 Å². The molecule has 4 nitrogen and oxygen atoms in total. The predicted octanol–water partition coefficient (Wildman–Crippen LogP) is 0.937. The van der Waals surface area contributed by atoms with E-state index in [0.717, 1.165) is 5.57 Å². The molecule has 1 fully saturated rings. The highest BCUT2D eigenvalue weighted by Gasteiger charge is 2.54. The molecule has 0 aliphatic heterocycles. The van der Waals surface area contributed by atoms with Crippen LogP contribution in [0.3, 0.4) is 0 Å². The lowest BCUT2D eigenvalue weighted by Crippen LogP contribution is -2.34. The lowest BCUT2D eigenvalue weighted by Gasteiger charge is -2.22. The highest BCUT2D eigenvalue weighted by atomic mass is 16.5. The molecule has 0 spiro atoms. The van der Waals surface area contributed by atoms with Crippen LogP contribution in [0.5, 0.6) is 0 Å². The van der Waals surface area contributed by atoms with E-state index < -0.39 is 11.8 Å². The Kier molecular flexibility index (Phi) is 2.58. The second kappa shape index (κ2) is 3.77. The van der Waals surface area contributed by atoms with E-state index in [0.29, 0.717) is 0 Å². The zero-order valence-corrected chi connectivity index (χ0v) is 9.30. The van der Waals surface area contributed by atoms with Crippen LogP contribution in [0.1, 0.15) is 0 Å². The number of allylic oxidation sites excluding steroid dienone is 3. The first-order valence-electron chi connectivity index (χ1n) is 5.14. The van der Waals surface area contributed by atoms with Crippen LogP contribution < -0.4 is 0 Å². The summed E-state index contributed by atoms with van der Waals surface area (Å²) in [5.74, 6) is -1.84. The van der Waals surface area contributed by atoms with Gasteiger partial charge in [-0.15, -0.1) is 0 Å². The Morgan fingerprint density at radius 2 is 1.44 bits per heavy atom. The molecule has 2 aliphatic rings. The Bertz CT molecular complexity index is 348. The van der Waals surface area contributed by atoms with Crippen molar-refractivity contribution in [1.82, 2.24) is 0 Å². The van der Waals surface area contributed by atoms with E-state index in [4.69, 9.17) is 9.47 Å². The molecular weight excluding hydrogens is 208 g/mol. The minimum atomic E-state index is -0.472. The van der Waals surface area contributed by atoms with E-state index in [9.17, 15) is 9.59 Å². The van der Waals surface area contributed by atoms with Gasteiger partial charge >= 0.3 is 11.9 Å². The summed E-state index contributed by atoms with van der Waals surface area (Å²) >= 11 is 0. The van der Waals surface area contributed by atoms with E-state index in [1.807, 2.05) is 12.2 Å². The van der Waals surface area contributed by atoms with Crippen molar-refractivity contribution >= 4 is 11.9 Å². The van der Waals surface area contributed by atoms with Crippen LogP contribution in [-0.4, -0.2) is 26.2 Å². The molecule has 2 aliphatic carbocycles. The fraction of sp³-hybridized carbons (Fsp3) is 0.500. The predicted molar refractivity (Wildman–Crippen MR) is 56.3 cm³/mol. The zero-order valence-electron chi connectivity index (χ0n) is 9.30. The van der Waals surface area contributed by atoms with E-state index in [1.165, 1.54) is 14.2 Å². The number of methoxy groups -OCH3 is 2. The lowest BCUT2D eigenvalue weighted by molar-refractivity contribution is -0.158. The summed E-state index contributed by atoms with van der Waals surface area (Å²) < 4.78 is 9.48. The molecule has 2 rings (SSSR count). The molecule has 4 atom stereocenters. The van der Waals surface area contributed by atoms with Gasteiger partial charge < -0.3 is 9.47 Å². The van der Waals surface area contributed by atoms with E-state index in [-0.39, 0.29) is 23.8 Å². The number of hydrogen-bond donors (Lipinski definition) is 0. The highest BCUT2D eigenvalue weighted by Crippen LogP contribution is 2.51. The molecule has 0 amide bonds. The fourth-order valence-electron chi connectivity index (χ4n) is 2.71. The molecule has 0 aromatic rings. The summed E-state index contributed by atoms with van der Waals surface area (Å²) in [5.41, 5.74) is 0.908. The molecule has 2 bridgehead atoms. The van der Waals surface area contributed by atoms with Crippen LogP contribution in [0.4, 0.5) is 0 Å². The first kappa shape index (κ1) is 10.9. The lowest BCUT2D eigenvalue weighted by atomic mass is 9.83. The van der Waals surface area contributed by atoms with Crippen molar-refractivity contribution in [3.05, 3.63) is 24.3 Å². The minimum absolute atomic E-state index is 0.0819. The number of hydrogen-bond acceptors (Lipinski definition) is 4. The van der Waals surface area contributed by atoms with Crippen LogP contribution in [0.25, 0.3) is 0 Å². The molecule has 0 radical (unpaired) electrons. The van der Waals surface area contributed by atoms with Crippen LogP contribution in [0.2, 0.25) is 0 Å². The van der Waals surface area contributed by atoms with Gasteiger partial charge in [0.05, 0.1) is 26.1 Å². The molecule has 1 saturated carbocycles. The van der Waals surface area contributed by atoms with E-state index in [1.54, 1.807) is 0 Å². The van der Waals surface area contributed by atoms with Gasteiger partial charge in [-0.3, -0.25) is 9.59 Å². The van der Waals surface area contributed by atoms with Gasteiger partial charge in [-0.25, -0.2) is 0 Å². The van der Waals surface area contributed by atoms with Gasteiger partial charge in [0.2, 0.25) is 0 Å². The van der Waals surface area contributed by atoms with Gasteiger partial charge in [0.25, 0.3) is 0 Å². The Balaban J connectivity index is 2.35. The maximum absolute atomic E-state index is 11.7. The molecule has 16 heavy (non-hydrogen) atoms. The monoisotopic (exact) mass is 222 g/mol. The maximum atomic E-state index is 11.7. The molecule has 0 unspecified atom stereocenters. The number of esters is 2. The van der Waals surface area contributed by atoms with Crippen LogP contribution >= 0.6 is 0 Å². The second-order valence-corrected chi connectivity index (χ2v) is 4.11. The third kappa shape index (κ3) is 1.29. The summed E-state index contributed by atoms with van der Waals surface area (Å²) in [5, 5.41) is 0. The molecule has 0 aromatic carbocycles. The average Bonchev–Trinajstić information content (AvgIpc) is 2.80. The summed E-state index contributed by atoms with van der Waals surface area (Å²) in [6, 6.07) is 0. The van der Waals surface area contributed by atoms with Crippen molar-refractivity contribution < 1.29 is 19.1 Å². The topological polar surface area (TPSA) is 52.6 Å². The summed E-state index contributed by atoms with van der Waals surface area (Å²) in [6.45, 7) is 3.93. The summed E-state index contributed by atoms with van der Waals surface area (Å²) in [7, 11) is 2.66. The minimum Gasteiger partial charge on any atom is -0.469 e. The van der Waals surface area contributed by atoms with Gasteiger partial charge in [-0.05, 0) is 0 Å². The van der Waals surface area contributed by atoms with Gasteiger partial charge in [-0.1, -0.05) is 24.3 Å². The van der Waals surface area contributed by atoms with Crippen molar-refractivity contribution in [2.75, 3.05) is 14.2 Å². The Hall–Kier alpha value is -1.58. The maximum Gasteiger partial charge on any atom is 0.310 e. The van der Waals surface area contributed by atoms with Crippen molar-refractivity contribution in [2.45, 2.75) is 0 Å².